The first-order valence-electron chi connectivity index (χ1n) is 8.36. The average Bonchev–Trinajstić information content (AvgIpc) is 3.42. The summed E-state index contributed by atoms with van der Waals surface area (Å²) in [6.45, 7) is 0.900. The number of hydrogen-bond donors (Lipinski definition) is 0. The normalized spacial score (nSPS) is 18.5. The molecule has 1 amide bonds. The van der Waals surface area contributed by atoms with Crippen molar-refractivity contribution in [3.8, 4) is 11.5 Å². The van der Waals surface area contributed by atoms with Crippen LogP contribution in [0.25, 0.3) is 0 Å². The number of nitrogens with zero attached hydrogens (tertiary/aromatic N) is 1. The van der Waals surface area contributed by atoms with E-state index in [1.165, 1.54) is 6.07 Å². The Morgan fingerprint density at radius 2 is 1.84 bits per heavy atom. The molecular weight excluding hydrogens is 321 g/mol. The highest BCUT2D eigenvalue weighted by atomic mass is 19.1. The third kappa shape index (κ3) is 4.10. The molecule has 25 heavy (non-hydrogen) atoms. The zero-order valence-electron chi connectivity index (χ0n) is 14.4. The number of likely N-dealkylation sites (N-methyl/N-ethyl adjacent to an activating group) is 1. The summed E-state index contributed by atoms with van der Waals surface area (Å²) >= 11 is 0. The topological polar surface area (TPSA) is 38.8 Å². The number of carbonyl (C=O) groups is 1. The van der Waals surface area contributed by atoms with Gasteiger partial charge >= 0.3 is 0 Å². The third-order valence-electron chi connectivity index (χ3n) is 4.54. The van der Waals surface area contributed by atoms with Crippen molar-refractivity contribution in [2.75, 3.05) is 27.3 Å². The van der Waals surface area contributed by atoms with Crippen LogP contribution in [0.2, 0.25) is 0 Å². The lowest BCUT2D eigenvalue weighted by Gasteiger charge is -2.18. The van der Waals surface area contributed by atoms with Crippen LogP contribution in [-0.2, 0) is 4.79 Å². The number of benzene rings is 2. The highest BCUT2D eigenvalue weighted by molar-refractivity contribution is 5.82. The van der Waals surface area contributed by atoms with E-state index >= 15 is 0 Å². The maximum atomic E-state index is 13.8. The van der Waals surface area contributed by atoms with Gasteiger partial charge in [0.15, 0.2) is 0 Å². The molecule has 132 valence electrons. The SMILES string of the molecule is COc1ccc(OCCN(C)C(=O)C2CC2c2ccccc2F)cc1. The molecule has 0 heterocycles. The third-order valence-corrected chi connectivity index (χ3v) is 4.54. The van der Waals surface area contributed by atoms with E-state index in [2.05, 4.69) is 0 Å². The van der Waals surface area contributed by atoms with Crippen LogP contribution in [0, 0.1) is 11.7 Å². The predicted molar refractivity (Wildman–Crippen MR) is 93.4 cm³/mol. The standard InChI is InChI=1S/C20H22FNO3/c1-22(11-12-25-15-9-7-14(24-2)8-10-15)20(23)18-13-17(18)16-5-3-4-6-19(16)21/h3-10,17-18H,11-13H2,1-2H3. The summed E-state index contributed by atoms with van der Waals surface area (Å²) in [5.41, 5.74) is 0.642. The Hall–Kier alpha value is -2.56. The van der Waals surface area contributed by atoms with Crippen LogP contribution in [0.5, 0.6) is 11.5 Å². The van der Waals surface area contributed by atoms with Crippen LogP contribution in [0.15, 0.2) is 48.5 Å². The zero-order valence-corrected chi connectivity index (χ0v) is 14.4. The minimum absolute atomic E-state index is 0.00124. The van der Waals surface area contributed by atoms with Gasteiger partial charge in [-0.2, -0.15) is 0 Å². The van der Waals surface area contributed by atoms with E-state index in [4.69, 9.17) is 9.47 Å². The van der Waals surface area contributed by atoms with Gasteiger partial charge in [-0.1, -0.05) is 18.2 Å². The van der Waals surface area contributed by atoms with E-state index in [-0.39, 0.29) is 23.6 Å². The van der Waals surface area contributed by atoms with Crippen molar-refractivity contribution in [1.29, 1.82) is 0 Å². The molecule has 4 nitrogen and oxygen atoms in total. The highest BCUT2D eigenvalue weighted by Gasteiger charge is 2.46. The summed E-state index contributed by atoms with van der Waals surface area (Å²) in [6, 6.07) is 14.0. The molecule has 0 saturated heterocycles. The van der Waals surface area contributed by atoms with E-state index in [1.54, 1.807) is 31.2 Å². The van der Waals surface area contributed by atoms with Gasteiger partial charge in [0.05, 0.1) is 13.7 Å². The Morgan fingerprint density at radius 3 is 2.52 bits per heavy atom. The number of amides is 1. The van der Waals surface area contributed by atoms with Crippen LogP contribution in [0.4, 0.5) is 4.39 Å². The molecule has 2 atom stereocenters. The predicted octanol–water partition coefficient (Wildman–Crippen LogP) is 3.48. The van der Waals surface area contributed by atoms with Crippen LogP contribution < -0.4 is 9.47 Å². The lowest BCUT2D eigenvalue weighted by Crippen LogP contribution is -2.32. The Labute approximate surface area is 147 Å². The summed E-state index contributed by atoms with van der Waals surface area (Å²) in [5.74, 6) is 1.20. The number of hydrogen-bond acceptors (Lipinski definition) is 3. The van der Waals surface area contributed by atoms with Gasteiger partial charge in [0.25, 0.3) is 0 Å². The molecule has 0 aromatic heterocycles. The Balaban J connectivity index is 1.46. The van der Waals surface area contributed by atoms with Crippen LogP contribution in [0.1, 0.15) is 17.9 Å². The fourth-order valence-corrected chi connectivity index (χ4v) is 2.95. The molecule has 1 saturated carbocycles. The number of halogens is 1. The van der Waals surface area contributed by atoms with Crippen molar-refractivity contribution in [1.82, 2.24) is 4.90 Å². The summed E-state index contributed by atoms with van der Waals surface area (Å²) in [5, 5.41) is 0. The van der Waals surface area contributed by atoms with Crippen molar-refractivity contribution in [2.24, 2.45) is 5.92 Å². The van der Waals surface area contributed by atoms with Gasteiger partial charge in [-0.3, -0.25) is 4.79 Å². The highest BCUT2D eigenvalue weighted by Crippen LogP contribution is 2.49. The minimum atomic E-state index is -0.228. The molecule has 1 fully saturated rings. The fourth-order valence-electron chi connectivity index (χ4n) is 2.95. The summed E-state index contributed by atoms with van der Waals surface area (Å²) in [4.78, 5) is 14.1. The van der Waals surface area contributed by atoms with Crippen LogP contribution in [0.3, 0.4) is 0 Å². The lowest BCUT2D eigenvalue weighted by molar-refractivity contribution is -0.131. The van der Waals surface area contributed by atoms with E-state index in [1.807, 2.05) is 30.3 Å². The number of rotatable bonds is 7. The Morgan fingerprint density at radius 1 is 1.16 bits per heavy atom. The van der Waals surface area contributed by atoms with Gasteiger partial charge in [0.2, 0.25) is 5.91 Å². The molecule has 1 aliphatic rings. The van der Waals surface area contributed by atoms with Gasteiger partial charge in [-0.25, -0.2) is 4.39 Å². The molecule has 3 rings (SSSR count). The summed E-state index contributed by atoms with van der Waals surface area (Å²) in [6.07, 6.45) is 0.712. The van der Waals surface area contributed by atoms with Crippen molar-refractivity contribution in [3.63, 3.8) is 0 Å². The first kappa shape index (κ1) is 17.3. The van der Waals surface area contributed by atoms with Crippen molar-refractivity contribution >= 4 is 5.91 Å². The van der Waals surface area contributed by atoms with E-state index in [0.29, 0.717) is 25.1 Å². The largest absolute Gasteiger partial charge is 0.497 e. The monoisotopic (exact) mass is 343 g/mol. The molecule has 0 aliphatic heterocycles. The van der Waals surface area contributed by atoms with Gasteiger partial charge in [-0.15, -0.1) is 0 Å². The number of methoxy groups -OCH3 is 1. The average molecular weight is 343 g/mol. The molecule has 1 aliphatic carbocycles. The molecular formula is C20H22FNO3. The molecule has 2 aromatic carbocycles. The second kappa shape index (κ2) is 7.55. The van der Waals surface area contributed by atoms with Gasteiger partial charge < -0.3 is 14.4 Å². The van der Waals surface area contributed by atoms with Gasteiger partial charge in [-0.05, 0) is 48.2 Å². The van der Waals surface area contributed by atoms with Gasteiger partial charge in [0, 0.05) is 13.0 Å². The Bertz CT molecular complexity index is 732. The first-order chi connectivity index (χ1) is 12.1. The molecule has 2 aromatic rings. The molecule has 2 unspecified atom stereocenters. The van der Waals surface area contributed by atoms with Crippen molar-refractivity contribution in [2.45, 2.75) is 12.3 Å². The second-order valence-electron chi connectivity index (χ2n) is 6.25. The quantitative estimate of drug-likeness (QED) is 0.773. The van der Waals surface area contributed by atoms with Crippen LogP contribution >= 0.6 is 0 Å². The molecule has 0 bridgehead atoms. The minimum Gasteiger partial charge on any atom is -0.497 e. The number of carbonyl (C=O) groups excluding carboxylic acids is 1. The summed E-state index contributed by atoms with van der Waals surface area (Å²) < 4.78 is 24.6. The molecule has 0 spiro atoms. The Kier molecular flexibility index (Phi) is 5.22. The zero-order chi connectivity index (χ0) is 17.8. The summed E-state index contributed by atoms with van der Waals surface area (Å²) in [7, 11) is 3.37. The van der Waals surface area contributed by atoms with Gasteiger partial charge in [0.1, 0.15) is 23.9 Å². The fraction of sp³-hybridized carbons (Fsp3) is 0.350. The first-order valence-corrected chi connectivity index (χ1v) is 8.36. The van der Waals surface area contributed by atoms with Crippen LogP contribution in [-0.4, -0.2) is 38.1 Å². The van der Waals surface area contributed by atoms with E-state index in [0.717, 1.165) is 11.5 Å². The lowest BCUT2D eigenvalue weighted by atomic mass is 10.1. The molecule has 0 radical (unpaired) electrons. The van der Waals surface area contributed by atoms with E-state index < -0.39 is 0 Å². The second-order valence-corrected chi connectivity index (χ2v) is 6.25. The maximum absolute atomic E-state index is 13.8. The van der Waals surface area contributed by atoms with Crippen molar-refractivity contribution in [3.05, 3.63) is 59.9 Å². The molecule has 5 heteroatoms. The number of ether oxygens (including phenoxy) is 2. The molecule has 0 N–H and O–H groups in total. The smallest absolute Gasteiger partial charge is 0.226 e. The maximum Gasteiger partial charge on any atom is 0.226 e. The van der Waals surface area contributed by atoms with Crippen molar-refractivity contribution < 1.29 is 18.7 Å². The van der Waals surface area contributed by atoms with E-state index in [9.17, 15) is 9.18 Å².